The van der Waals surface area contributed by atoms with Gasteiger partial charge in [-0.3, -0.25) is 0 Å². The summed E-state index contributed by atoms with van der Waals surface area (Å²) in [7, 11) is -4.01. The van der Waals surface area contributed by atoms with Crippen LogP contribution in [0.4, 0.5) is 4.79 Å². The normalized spacial score (nSPS) is 12.6. The molecule has 0 fully saturated rings. The van der Waals surface area contributed by atoms with Crippen LogP contribution in [0.1, 0.15) is 40.5 Å². The van der Waals surface area contributed by atoms with E-state index in [0.29, 0.717) is 12.8 Å². The van der Waals surface area contributed by atoms with Crippen LogP contribution in [0, 0.1) is 0 Å². The van der Waals surface area contributed by atoms with E-state index in [9.17, 15) is 18.3 Å². The van der Waals surface area contributed by atoms with Gasteiger partial charge in [0.2, 0.25) is 0 Å². The molecule has 108 valence electrons. The molecule has 18 heavy (non-hydrogen) atoms. The Labute approximate surface area is 108 Å². The molecule has 0 saturated carbocycles. The smallest absolute Gasteiger partial charge is 0.422 e. The van der Waals surface area contributed by atoms with Gasteiger partial charge < -0.3 is 9.84 Å². The number of rotatable bonds is 7. The fraction of sp³-hybridized carbons (Fsp3) is 0.900. The molecule has 1 amide bonds. The first-order valence-corrected chi connectivity index (χ1v) is 7.33. The molecule has 0 radical (unpaired) electrons. The zero-order valence-corrected chi connectivity index (χ0v) is 12.0. The van der Waals surface area contributed by atoms with Crippen LogP contribution in [0.25, 0.3) is 0 Å². The van der Waals surface area contributed by atoms with Crippen LogP contribution in [0.3, 0.4) is 0 Å². The van der Waals surface area contributed by atoms with Crippen LogP contribution in [-0.4, -0.2) is 37.9 Å². The third-order valence-corrected chi connectivity index (χ3v) is 3.43. The zero-order chi connectivity index (χ0) is 14.4. The average molecular weight is 282 g/mol. The van der Waals surface area contributed by atoms with Crippen LogP contribution in [-0.2, 0) is 14.9 Å². The summed E-state index contributed by atoms with van der Waals surface area (Å²) in [4.78, 5) is 11.1. The van der Waals surface area contributed by atoms with Gasteiger partial charge in [-0.1, -0.05) is 13.8 Å². The Bertz CT molecular complexity index is 362. The Morgan fingerprint density at radius 1 is 1.33 bits per heavy atom. The number of hydrogen-bond acceptors (Lipinski definition) is 5. The highest BCUT2D eigenvalue weighted by molar-refractivity contribution is 7.88. The minimum absolute atomic E-state index is 0.162. The average Bonchev–Trinajstić information content (AvgIpc) is 2.24. The van der Waals surface area contributed by atoms with E-state index in [2.05, 4.69) is 9.46 Å². The summed E-state index contributed by atoms with van der Waals surface area (Å²) < 4.78 is 31.4. The lowest BCUT2D eigenvalue weighted by atomic mass is 9.98. The monoisotopic (exact) mass is 282 g/mol. The Balaban J connectivity index is 4.37. The summed E-state index contributed by atoms with van der Waals surface area (Å²) >= 11 is 0. The van der Waals surface area contributed by atoms with Crippen LogP contribution >= 0.6 is 0 Å². The van der Waals surface area contributed by atoms with Gasteiger partial charge in [-0.05, 0) is 26.7 Å². The Morgan fingerprint density at radius 3 is 2.22 bits per heavy atom. The lowest BCUT2D eigenvalue weighted by Crippen LogP contribution is -2.48. The van der Waals surface area contributed by atoms with Crippen molar-refractivity contribution in [2.75, 3.05) is 6.54 Å². The van der Waals surface area contributed by atoms with Gasteiger partial charge in [0.25, 0.3) is 0 Å². The highest BCUT2D eigenvalue weighted by atomic mass is 32.2. The third-order valence-electron chi connectivity index (χ3n) is 2.47. The maximum absolute atomic E-state index is 11.5. The van der Waals surface area contributed by atoms with Gasteiger partial charge in [0.15, 0.2) is 0 Å². The fourth-order valence-electron chi connectivity index (χ4n) is 1.11. The molecule has 0 heterocycles. The molecule has 0 aromatic heterocycles. The minimum atomic E-state index is -4.01. The van der Waals surface area contributed by atoms with Gasteiger partial charge >= 0.3 is 16.3 Å². The lowest BCUT2D eigenvalue weighted by Gasteiger charge is -2.25. The summed E-state index contributed by atoms with van der Waals surface area (Å²) in [5, 5.41) is 9.90. The number of nitrogens with one attached hydrogen (secondary N) is 2. The molecule has 0 atom stereocenters. The molecule has 8 heteroatoms. The largest absolute Gasteiger partial charge is 0.446 e. The predicted molar refractivity (Wildman–Crippen MR) is 67.2 cm³/mol. The molecule has 0 aliphatic carbocycles. The number of carbonyl (C=O) groups is 1. The number of carbonyl (C=O) groups excluding carboxylic acids is 1. The summed E-state index contributed by atoms with van der Waals surface area (Å²) in [6, 6.07) is 0. The van der Waals surface area contributed by atoms with Crippen LogP contribution < -0.4 is 9.44 Å². The highest BCUT2D eigenvalue weighted by Gasteiger charge is 2.25. The van der Waals surface area contributed by atoms with Crippen LogP contribution in [0.2, 0.25) is 0 Å². The minimum Gasteiger partial charge on any atom is -0.446 e. The molecule has 3 N–H and O–H groups in total. The summed E-state index contributed by atoms with van der Waals surface area (Å²) in [5.41, 5.74) is -1.11. The van der Waals surface area contributed by atoms with Gasteiger partial charge in [0.05, 0.1) is 11.7 Å². The van der Waals surface area contributed by atoms with Gasteiger partial charge in [-0.2, -0.15) is 13.1 Å². The molecule has 0 aromatic rings. The zero-order valence-electron chi connectivity index (χ0n) is 11.2. The molecule has 7 nitrogen and oxygen atoms in total. The molecular weight excluding hydrogens is 260 g/mol. The van der Waals surface area contributed by atoms with Crippen molar-refractivity contribution in [2.45, 2.75) is 52.2 Å². The van der Waals surface area contributed by atoms with Gasteiger partial charge in [-0.15, -0.1) is 0 Å². The first-order chi connectivity index (χ1) is 8.14. The standard InChI is InChI=1S/C10H22N2O5S/c1-5-10(14,6-2)7-11-18(15,16)12-9(13)17-8(3)4/h8,11,14H,5-7H2,1-4H3,(H,12,13). The number of hydrogen-bond donors (Lipinski definition) is 3. The summed E-state index contributed by atoms with van der Waals surface area (Å²) in [6.07, 6.45) is -0.650. The van der Waals surface area contributed by atoms with Crippen molar-refractivity contribution in [3.8, 4) is 0 Å². The number of amides is 1. The van der Waals surface area contributed by atoms with Crippen molar-refractivity contribution in [3.63, 3.8) is 0 Å². The highest BCUT2D eigenvalue weighted by Crippen LogP contribution is 2.12. The molecule has 0 aromatic carbocycles. The number of aliphatic hydroxyl groups is 1. The molecule has 0 aliphatic heterocycles. The van der Waals surface area contributed by atoms with Crippen LogP contribution in [0.5, 0.6) is 0 Å². The molecule has 0 bridgehead atoms. The van der Waals surface area contributed by atoms with E-state index in [1.165, 1.54) is 0 Å². The lowest BCUT2D eigenvalue weighted by molar-refractivity contribution is 0.0375. The second-order valence-electron chi connectivity index (χ2n) is 4.31. The molecule has 0 saturated heterocycles. The first kappa shape index (κ1) is 17.1. The maximum Gasteiger partial charge on any atom is 0.422 e. The summed E-state index contributed by atoms with van der Waals surface area (Å²) in [5.74, 6) is 0. The predicted octanol–water partition coefficient (Wildman–Crippen LogP) is 0.507. The fourth-order valence-corrected chi connectivity index (χ4v) is 1.91. The first-order valence-electron chi connectivity index (χ1n) is 5.84. The van der Waals surface area contributed by atoms with E-state index in [4.69, 9.17) is 0 Å². The second kappa shape index (κ2) is 6.91. The number of ether oxygens (including phenoxy) is 1. The van der Waals surface area contributed by atoms with Crippen LogP contribution in [0.15, 0.2) is 0 Å². The van der Waals surface area contributed by atoms with E-state index < -0.39 is 28.0 Å². The van der Waals surface area contributed by atoms with Crippen molar-refractivity contribution >= 4 is 16.3 Å². The Hall–Kier alpha value is -0.860. The van der Waals surface area contributed by atoms with Crippen molar-refractivity contribution in [3.05, 3.63) is 0 Å². The molecule has 0 unspecified atom stereocenters. The van der Waals surface area contributed by atoms with Gasteiger partial charge in [0.1, 0.15) is 0 Å². The quantitative estimate of drug-likeness (QED) is 0.631. The van der Waals surface area contributed by atoms with E-state index in [1.807, 2.05) is 0 Å². The van der Waals surface area contributed by atoms with Crippen molar-refractivity contribution < 1.29 is 23.1 Å². The van der Waals surface area contributed by atoms with E-state index in [-0.39, 0.29) is 6.54 Å². The molecular formula is C10H22N2O5S. The molecule has 0 aliphatic rings. The Morgan fingerprint density at radius 2 is 1.83 bits per heavy atom. The van der Waals surface area contributed by atoms with Gasteiger partial charge in [-0.25, -0.2) is 9.52 Å². The van der Waals surface area contributed by atoms with E-state index >= 15 is 0 Å². The van der Waals surface area contributed by atoms with Crippen molar-refractivity contribution in [1.29, 1.82) is 0 Å². The third kappa shape index (κ3) is 6.77. The van der Waals surface area contributed by atoms with E-state index in [0.717, 1.165) is 0 Å². The SMILES string of the molecule is CCC(O)(CC)CNS(=O)(=O)NC(=O)OC(C)C. The maximum atomic E-state index is 11.5. The van der Waals surface area contributed by atoms with Gasteiger partial charge in [0, 0.05) is 6.54 Å². The van der Waals surface area contributed by atoms with E-state index in [1.54, 1.807) is 32.4 Å². The Kier molecular flexibility index (Phi) is 6.58. The molecule has 0 spiro atoms. The van der Waals surface area contributed by atoms with Crippen molar-refractivity contribution in [2.24, 2.45) is 0 Å². The summed E-state index contributed by atoms with van der Waals surface area (Å²) in [6.45, 7) is 6.54. The van der Waals surface area contributed by atoms with Crippen molar-refractivity contribution in [1.82, 2.24) is 9.44 Å². The second-order valence-corrected chi connectivity index (χ2v) is 5.81. The molecule has 0 rings (SSSR count). The topological polar surface area (TPSA) is 105 Å².